The van der Waals surface area contributed by atoms with Crippen LogP contribution in [0.4, 0.5) is 5.82 Å². The Hall–Kier alpha value is -2.01. The molecule has 3 heterocycles. The number of nitrogens with zero attached hydrogens (tertiary/aromatic N) is 4. The van der Waals surface area contributed by atoms with E-state index >= 15 is 0 Å². The number of carbonyl (C=O) groups excluding carboxylic acids is 1. The number of hydrogen-bond acceptors (Lipinski definition) is 3. The van der Waals surface area contributed by atoms with Crippen LogP contribution in [0.5, 0.6) is 0 Å². The molecule has 1 aliphatic heterocycles. The maximum Gasteiger partial charge on any atom is 0.245 e. The molecule has 0 aliphatic carbocycles. The van der Waals surface area contributed by atoms with Gasteiger partial charge in [-0.2, -0.15) is 0 Å². The van der Waals surface area contributed by atoms with E-state index in [0.29, 0.717) is 5.02 Å². The number of halogens is 1. The van der Waals surface area contributed by atoms with Gasteiger partial charge in [-0.05, 0) is 30.7 Å². The van der Waals surface area contributed by atoms with Gasteiger partial charge in [0.15, 0.2) is 0 Å². The van der Waals surface area contributed by atoms with E-state index in [1.165, 1.54) is 0 Å². The van der Waals surface area contributed by atoms with Crippen molar-refractivity contribution in [2.24, 2.45) is 0 Å². The fourth-order valence-electron chi connectivity index (χ4n) is 2.99. The van der Waals surface area contributed by atoms with Gasteiger partial charge in [-0.3, -0.25) is 4.79 Å². The molecule has 2 aromatic rings. The van der Waals surface area contributed by atoms with Crippen molar-refractivity contribution in [3.05, 3.63) is 47.9 Å². The third kappa shape index (κ3) is 3.50. The van der Waals surface area contributed by atoms with Crippen LogP contribution in [0.25, 0.3) is 0 Å². The molecule has 122 valence electrons. The fourth-order valence-corrected chi connectivity index (χ4v) is 3.10. The topological polar surface area (TPSA) is 41.4 Å². The third-order valence-corrected chi connectivity index (χ3v) is 4.51. The van der Waals surface area contributed by atoms with Crippen molar-refractivity contribution >= 4 is 23.3 Å². The first-order valence-electron chi connectivity index (χ1n) is 7.97. The fraction of sp³-hybridized carbons (Fsp3) is 0.412. The highest BCUT2D eigenvalue weighted by Crippen LogP contribution is 2.19. The smallest absolute Gasteiger partial charge is 0.245 e. The first kappa shape index (κ1) is 15.9. The monoisotopic (exact) mass is 332 g/mol. The van der Waals surface area contributed by atoms with E-state index in [1.54, 1.807) is 6.20 Å². The van der Waals surface area contributed by atoms with Crippen LogP contribution in [0.15, 0.2) is 42.9 Å². The van der Waals surface area contributed by atoms with E-state index in [9.17, 15) is 4.79 Å². The Balaban J connectivity index is 1.62. The molecule has 0 N–H and O–H groups in total. The van der Waals surface area contributed by atoms with Crippen LogP contribution < -0.4 is 4.90 Å². The molecule has 2 aromatic heterocycles. The molecule has 1 fully saturated rings. The van der Waals surface area contributed by atoms with E-state index < -0.39 is 0 Å². The summed E-state index contributed by atoms with van der Waals surface area (Å²) in [4.78, 5) is 21.3. The molecule has 23 heavy (non-hydrogen) atoms. The molecule has 5 nitrogen and oxygen atoms in total. The number of rotatable bonds is 4. The number of anilines is 1. The van der Waals surface area contributed by atoms with Crippen molar-refractivity contribution in [2.45, 2.75) is 19.4 Å². The van der Waals surface area contributed by atoms with E-state index in [4.69, 9.17) is 11.6 Å². The van der Waals surface area contributed by atoms with Gasteiger partial charge < -0.3 is 14.4 Å². The Labute approximate surface area is 141 Å². The van der Waals surface area contributed by atoms with Gasteiger partial charge in [0.1, 0.15) is 11.9 Å². The van der Waals surface area contributed by atoms with E-state index in [-0.39, 0.29) is 11.9 Å². The molecule has 1 aliphatic rings. The largest absolute Gasteiger partial charge is 0.353 e. The van der Waals surface area contributed by atoms with Crippen LogP contribution in [0.2, 0.25) is 5.02 Å². The number of carbonyl (C=O) groups is 1. The van der Waals surface area contributed by atoms with Crippen molar-refractivity contribution in [1.29, 1.82) is 0 Å². The zero-order valence-electron chi connectivity index (χ0n) is 13.2. The Kier molecular flexibility index (Phi) is 4.86. The van der Waals surface area contributed by atoms with Crippen LogP contribution in [0, 0.1) is 0 Å². The predicted octanol–water partition coefficient (Wildman–Crippen LogP) is 2.84. The van der Waals surface area contributed by atoms with Gasteiger partial charge in [0.2, 0.25) is 5.91 Å². The minimum Gasteiger partial charge on any atom is -0.353 e. The number of hydrogen-bond donors (Lipinski definition) is 0. The second kappa shape index (κ2) is 7.04. The zero-order valence-corrected chi connectivity index (χ0v) is 14.0. The van der Waals surface area contributed by atoms with Gasteiger partial charge in [0.25, 0.3) is 0 Å². The lowest BCUT2D eigenvalue weighted by Gasteiger charge is -2.37. The highest BCUT2D eigenvalue weighted by atomic mass is 35.5. The summed E-state index contributed by atoms with van der Waals surface area (Å²) in [6, 6.07) is 7.58. The van der Waals surface area contributed by atoms with Gasteiger partial charge in [0.05, 0.1) is 5.02 Å². The summed E-state index contributed by atoms with van der Waals surface area (Å²) in [5, 5.41) is 0.639. The van der Waals surface area contributed by atoms with Crippen molar-refractivity contribution in [2.75, 3.05) is 31.1 Å². The second-order valence-corrected chi connectivity index (χ2v) is 6.14. The molecular weight excluding hydrogens is 312 g/mol. The van der Waals surface area contributed by atoms with Crippen LogP contribution in [-0.2, 0) is 4.79 Å². The van der Waals surface area contributed by atoms with Crippen LogP contribution in [-0.4, -0.2) is 46.5 Å². The van der Waals surface area contributed by atoms with E-state index in [1.807, 2.05) is 46.1 Å². The van der Waals surface area contributed by atoms with Crippen molar-refractivity contribution in [1.82, 2.24) is 14.5 Å². The van der Waals surface area contributed by atoms with Crippen LogP contribution in [0.3, 0.4) is 0 Å². The molecule has 0 bridgehead atoms. The first-order chi connectivity index (χ1) is 11.2. The molecule has 0 aromatic carbocycles. The maximum absolute atomic E-state index is 12.8. The van der Waals surface area contributed by atoms with Crippen LogP contribution in [0.1, 0.15) is 19.4 Å². The van der Waals surface area contributed by atoms with Crippen molar-refractivity contribution in [3.63, 3.8) is 0 Å². The minimum absolute atomic E-state index is 0.106. The first-order valence-corrected chi connectivity index (χ1v) is 8.34. The zero-order chi connectivity index (χ0) is 16.2. The summed E-state index contributed by atoms with van der Waals surface area (Å²) >= 11 is 5.88. The molecule has 1 saturated heterocycles. The quantitative estimate of drug-likeness (QED) is 0.864. The third-order valence-electron chi connectivity index (χ3n) is 4.29. The average molecular weight is 333 g/mol. The predicted molar refractivity (Wildman–Crippen MR) is 91.8 cm³/mol. The van der Waals surface area contributed by atoms with Crippen LogP contribution >= 0.6 is 11.6 Å². The lowest BCUT2D eigenvalue weighted by Crippen LogP contribution is -2.50. The van der Waals surface area contributed by atoms with Gasteiger partial charge in [-0.25, -0.2) is 4.98 Å². The Morgan fingerprint density at radius 3 is 2.48 bits per heavy atom. The van der Waals surface area contributed by atoms with Gasteiger partial charge >= 0.3 is 0 Å². The molecule has 1 amide bonds. The molecule has 3 rings (SSSR count). The van der Waals surface area contributed by atoms with Gasteiger partial charge in [0, 0.05) is 44.8 Å². The SMILES string of the molecule is CC[C@@H](C(=O)N1CCN(c2ccc(Cl)cn2)CC1)n1cccc1. The number of aromatic nitrogens is 2. The normalized spacial score (nSPS) is 16.4. The minimum atomic E-state index is -0.106. The number of piperazine rings is 1. The lowest BCUT2D eigenvalue weighted by molar-refractivity contribution is -0.135. The molecule has 0 saturated carbocycles. The summed E-state index contributed by atoms with van der Waals surface area (Å²) < 4.78 is 2.00. The molecule has 0 unspecified atom stereocenters. The molecule has 0 radical (unpaired) electrons. The molecule has 0 spiro atoms. The number of pyridine rings is 1. The second-order valence-electron chi connectivity index (χ2n) is 5.70. The summed E-state index contributed by atoms with van der Waals surface area (Å²) in [6.45, 7) is 5.09. The maximum atomic E-state index is 12.8. The van der Waals surface area contributed by atoms with Crippen molar-refractivity contribution < 1.29 is 4.79 Å². The van der Waals surface area contributed by atoms with Gasteiger partial charge in [-0.15, -0.1) is 0 Å². The standard InChI is InChI=1S/C17H21ClN4O/c1-2-15(20-7-3-4-8-20)17(23)22-11-9-21(10-12-22)16-6-5-14(18)13-19-16/h3-8,13,15H,2,9-12H2,1H3/t15-/m0/s1. The summed E-state index contributed by atoms with van der Waals surface area (Å²) in [5.74, 6) is 1.12. The van der Waals surface area contributed by atoms with Crippen molar-refractivity contribution in [3.8, 4) is 0 Å². The Morgan fingerprint density at radius 1 is 1.22 bits per heavy atom. The highest BCUT2D eigenvalue weighted by molar-refractivity contribution is 6.30. The van der Waals surface area contributed by atoms with E-state index in [0.717, 1.165) is 38.4 Å². The number of amides is 1. The Bertz CT molecular complexity index is 633. The average Bonchev–Trinajstić information content (AvgIpc) is 3.10. The van der Waals surface area contributed by atoms with E-state index in [2.05, 4.69) is 16.8 Å². The highest BCUT2D eigenvalue weighted by Gasteiger charge is 2.27. The molecular formula is C17H21ClN4O. The summed E-state index contributed by atoms with van der Waals surface area (Å²) in [5.41, 5.74) is 0. The summed E-state index contributed by atoms with van der Waals surface area (Å²) in [6.07, 6.45) is 6.37. The molecule has 6 heteroatoms. The lowest BCUT2D eigenvalue weighted by atomic mass is 10.1. The Morgan fingerprint density at radius 2 is 1.91 bits per heavy atom. The molecule has 1 atom stereocenters. The summed E-state index contributed by atoms with van der Waals surface area (Å²) in [7, 11) is 0. The van der Waals surface area contributed by atoms with Gasteiger partial charge in [-0.1, -0.05) is 18.5 Å².